The van der Waals surface area contributed by atoms with Crippen LogP contribution in [-0.2, 0) is 6.54 Å². The average molecular weight is 236 g/mol. The van der Waals surface area contributed by atoms with E-state index < -0.39 is 4.92 Å². The fourth-order valence-electron chi connectivity index (χ4n) is 1.37. The van der Waals surface area contributed by atoms with Crippen LogP contribution < -0.4 is 10.1 Å². The quantitative estimate of drug-likeness (QED) is 0.467. The Labute approximate surface area is 100 Å². The molecule has 0 unspecified atom stereocenters. The number of nitrogens with one attached hydrogen (secondary N) is 1. The lowest BCUT2D eigenvalue weighted by Crippen LogP contribution is -2.06. The number of hydrogen-bond acceptors (Lipinski definition) is 4. The molecule has 0 atom stereocenters. The minimum absolute atomic E-state index is 0.00523. The highest BCUT2D eigenvalue weighted by Gasteiger charge is 2.14. The van der Waals surface area contributed by atoms with Crippen LogP contribution in [0.5, 0.6) is 5.75 Å². The van der Waals surface area contributed by atoms with Crippen molar-refractivity contribution in [1.29, 1.82) is 0 Å². The number of nitro groups is 1. The van der Waals surface area contributed by atoms with E-state index in [2.05, 4.69) is 5.32 Å². The zero-order valence-electron chi connectivity index (χ0n) is 9.97. The molecular weight excluding hydrogens is 220 g/mol. The number of nitrogens with zero attached hydrogens (tertiary/aromatic N) is 1. The van der Waals surface area contributed by atoms with E-state index in [1.165, 1.54) is 6.07 Å². The van der Waals surface area contributed by atoms with Crippen LogP contribution >= 0.6 is 0 Å². The van der Waals surface area contributed by atoms with Crippen LogP contribution in [-0.4, -0.2) is 18.6 Å². The van der Waals surface area contributed by atoms with Crippen LogP contribution in [0.25, 0.3) is 0 Å². The zero-order chi connectivity index (χ0) is 12.7. The van der Waals surface area contributed by atoms with E-state index in [9.17, 15) is 10.1 Å². The summed E-state index contributed by atoms with van der Waals surface area (Å²) in [5.41, 5.74) is 0.947. The molecule has 0 aromatic heterocycles. The van der Waals surface area contributed by atoms with E-state index in [-0.39, 0.29) is 5.69 Å². The molecule has 5 nitrogen and oxygen atoms in total. The highest BCUT2D eigenvalue weighted by Crippen LogP contribution is 2.27. The Morgan fingerprint density at radius 3 is 2.88 bits per heavy atom. The lowest BCUT2D eigenvalue weighted by Gasteiger charge is -2.06. The van der Waals surface area contributed by atoms with Gasteiger partial charge in [-0.25, -0.2) is 0 Å². The minimum atomic E-state index is -0.436. The van der Waals surface area contributed by atoms with Gasteiger partial charge in [0.2, 0.25) is 0 Å². The molecule has 0 aliphatic heterocycles. The average Bonchev–Trinajstić information content (AvgIpc) is 2.30. The maximum Gasteiger partial charge on any atom is 0.310 e. The van der Waals surface area contributed by atoms with Gasteiger partial charge in [-0.1, -0.05) is 18.2 Å². The molecule has 0 saturated heterocycles. The number of ether oxygens (including phenoxy) is 1. The van der Waals surface area contributed by atoms with Gasteiger partial charge < -0.3 is 10.1 Å². The number of nitro benzene ring substituents is 1. The molecule has 5 heteroatoms. The van der Waals surface area contributed by atoms with Crippen molar-refractivity contribution in [3.63, 3.8) is 0 Å². The summed E-state index contributed by atoms with van der Waals surface area (Å²) in [5, 5.41) is 13.8. The van der Waals surface area contributed by atoms with Crippen LogP contribution in [0.1, 0.15) is 12.5 Å². The summed E-state index contributed by atoms with van der Waals surface area (Å²) in [6.07, 6.45) is 3.64. The minimum Gasteiger partial charge on any atom is -0.483 e. The highest BCUT2D eigenvalue weighted by molar-refractivity contribution is 5.48. The van der Waals surface area contributed by atoms with Crippen molar-refractivity contribution in [3.8, 4) is 5.75 Å². The number of allylic oxidation sites excluding steroid dienone is 1. The van der Waals surface area contributed by atoms with E-state index in [1.54, 1.807) is 18.2 Å². The molecule has 0 amide bonds. The van der Waals surface area contributed by atoms with Crippen molar-refractivity contribution in [2.24, 2.45) is 0 Å². The first-order valence-electron chi connectivity index (χ1n) is 5.35. The van der Waals surface area contributed by atoms with E-state index in [0.717, 1.165) is 5.56 Å². The van der Waals surface area contributed by atoms with Gasteiger partial charge >= 0.3 is 5.69 Å². The Bertz CT molecular complexity index is 416. The van der Waals surface area contributed by atoms with Crippen molar-refractivity contribution in [2.45, 2.75) is 13.5 Å². The lowest BCUT2D eigenvalue weighted by atomic mass is 10.2. The molecule has 1 rings (SSSR count). The summed E-state index contributed by atoms with van der Waals surface area (Å²) in [4.78, 5) is 10.4. The predicted octanol–water partition coefficient (Wildman–Crippen LogP) is 2.27. The Morgan fingerprint density at radius 1 is 1.53 bits per heavy atom. The van der Waals surface area contributed by atoms with Crippen molar-refractivity contribution < 1.29 is 9.66 Å². The van der Waals surface area contributed by atoms with Gasteiger partial charge in [-0.05, 0) is 25.6 Å². The molecule has 1 aromatic rings. The summed E-state index contributed by atoms with van der Waals surface area (Å²) in [6, 6.07) is 4.88. The predicted molar refractivity (Wildman–Crippen MR) is 66.2 cm³/mol. The molecule has 0 spiro atoms. The van der Waals surface area contributed by atoms with Crippen molar-refractivity contribution >= 4 is 5.69 Å². The normalized spacial score (nSPS) is 10.7. The van der Waals surface area contributed by atoms with E-state index in [0.29, 0.717) is 18.9 Å². The smallest absolute Gasteiger partial charge is 0.310 e. The van der Waals surface area contributed by atoms with Crippen molar-refractivity contribution in [2.75, 3.05) is 13.7 Å². The first-order chi connectivity index (χ1) is 8.19. The van der Waals surface area contributed by atoms with Gasteiger partial charge in [-0.15, -0.1) is 0 Å². The molecule has 17 heavy (non-hydrogen) atoms. The maximum atomic E-state index is 10.8. The molecule has 0 fully saturated rings. The largest absolute Gasteiger partial charge is 0.483 e. The fourth-order valence-corrected chi connectivity index (χ4v) is 1.37. The SMILES string of the molecule is C/C=C/COc1cc(CNC)ccc1[N+](=O)[O-]. The molecular formula is C12H16N2O3. The maximum absolute atomic E-state index is 10.8. The van der Waals surface area contributed by atoms with E-state index in [4.69, 9.17) is 4.74 Å². The summed E-state index contributed by atoms with van der Waals surface area (Å²) < 4.78 is 5.37. The number of benzene rings is 1. The second-order valence-electron chi connectivity index (χ2n) is 3.47. The van der Waals surface area contributed by atoms with Crippen LogP contribution in [0.2, 0.25) is 0 Å². The molecule has 0 aliphatic carbocycles. The Hall–Kier alpha value is -1.88. The second kappa shape index (κ2) is 6.65. The Kier molecular flexibility index (Phi) is 5.16. The second-order valence-corrected chi connectivity index (χ2v) is 3.47. The van der Waals surface area contributed by atoms with Crippen LogP contribution in [0.15, 0.2) is 30.4 Å². The molecule has 0 bridgehead atoms. The monoisotopic (exact) mass is 236 g/mol. The van der Waals surface area contributed by atoms with Gasteiger partial charge in [0.05, 0.1) is 4.92 Å². The molecule has 0 heterocycles. The third-order valence-electron chi connectivity index (χ3n) is 2.17. The summed E-state index contributed by atoms with van der Waals surface area (Å²) >= 11 is 0. The zero-order valence-corrected chi connectivity index (χ0v) is 9.97. The Morgan fingerprint density at radius 2 is 2.29 bits per heavy atom. The van der Waals surface area contributed by atoms with Gasteiger partial charge in [0.1, 0.15) is 6.61 Å². The van der Waals surface area contributed by atoms with Gasteiger partial charge in [-0.3, -0.25) is 10.1 Å². The van der Waals surface area contributed by atoms with Gasteiger partial charge in [-0.2, -0.15) is 0 Å². The number of rotatable bonds is 6. The first-order valence-corrected chi connectivity index (χ1v) is 5.35. The molecule has 1 aromatic carbocycles. The third kappa shape index (κ3) is 3.88. The summed E-state index contributed by atoms with van der Waals surface area (Å²) in [5.74, 6) is 0.306. The van der Waals surface area contributed by atoms with Gasteiger partial charge in [0.25, 0.3) is 0 Å². The fraction of sp³-hybridized carbons (Fsp3) is 0.333. The number of hydrogen-bond donors (Lipinski definition) is 1. The summed E-state index contributed by atoms with van der Waals surface area (Å²) in [7, 11) is 1.82. The van der Waals surface area contributed by atoms with Gasteiger partial charge in [0, 0.05) is 12.6 Å². The lowest BCUT2D eigenvalue weighted by molar-refractivity contribution is -0.385. The molecule has 92 valence electrons. The van der Waals surface area contributed by atoms with Crippen LogP contribution in [0.3, 0.4) is 0 Å². The van der Waals surface area contributed by atoms with Crippen LogP contribution in [0.4, 0.5) is 5.69 Å². The van der Waals surface area contributed by atoms with Crippen molar-refractivity contribution in [1.82, 2.24) is 5.32 Å². The molecule has 0 saturated carbocycles. The summed E-state index contributed by atoms with van der Waals surface area (Å²) in [6.45, 7) is 2.85. The van der Waals surface area contributed by atoms with Crippen molar-refractivity contribution in [3.05, 3.63) is 46.0 Å². The van der Waals surface area contributed by atoms with Crippen LogP contribution in [0, 0.1) is 10.1 Å². The Balaban J connectivity index is 2.93. The first kappa shape index (κ1) is 13.2. The third-order valence-corrected chi connectivity index (χ3v) is 2.17. The van der Waals surface area contributed by atoms with E-state index >= 15 is 0 Å². The molecule has 0 aliphatic rings. The molecule has 1 N–H and O–H groups in total. The van der Waals surface area contributed by atoms with E-state index in [1.807, 2.05) is 20.0 Å². The highest BCUT2D eigenvalue weighted by atomic mass is 16.6. The standard InChI is InChI=1S/C12H16N2O3/c1-3-4-7-17-12-8-10(9-13-2)5-6-11(12)14(15)16/h3-6,8,13H,7,9H2,1-2H3/b4-3+. The molecule has 0 radical (unpaired) electrons. The topological polar surface area (TPSA) is 64.4 Å². The van der Waals surface area contributed by atoms with Gasteiger partial charge in [0.15, 0.2) is 5.75 Å².